The number of amides is 1. The minimum absolute atomic E-state index is 0.0712. The Labute approximate surface area is 166 Å². The molecule has 7 heteroatoms. The molecule has 3 heterocycles. The van der Waals surface area contributed by atoms with Crippen LogP contribution in [0.15, 0.2) is 60.8 Å². The topological polar surface area (TPSA) is 106 Å². The number of benzene rings is 2. The highest BCUT2D eigenvalue weighted by atomic mass is 16.1. The predicted octanol–water partition coefficient (Wildman–Crippen LogP) is 4.17. The number of fused-ring (bicyclic) bond motifs is 2. The van der Waals surface area contributed by atoms with Gasteiger partial charge in [0.1, 0.15) is 17.6 Å². The Kier molecular flexibility index (Phi) is 3.88. The summed E-state index contributed by atoms with van der Waals surface area (Å²) in [5, 5.41) is 19.8. The van der Waals surface area contributed by atoms with Gasteiger partial charge in [0.25, 0.3) is 5.91 Å². The van der Waals surface area contributed by atoms with Gasteiger partial charge in [0, 0.05) is 47.0 Å². The van der Waals surface area contributed by atoms with E-state index < -0.39 is 0 Å². The Balaban J connectivity index is 1.44. The summed E-state index contributed by atoms with van der Waals surface area (Å²) < 4.78 is 0. The molecule has 1 aliphatic heterocycles. The number of anilines is 4. The van der Waals surface area contributed by atoms with Crippen molar-refractivity contribution in [2.75, 3.05) is 10.6 Å². The van der Waals surface area contributed by atoms with Crippen molar-refractivity contribution in [3.8, 4) is 6.07 Å². The molecule has 1 aliphatic rings. The van der Waals surface area contributed by atoms with Crippen molar-refractivity contribution in [3.05, 3.63) is 77.6 Å². The highest BCUT2D eigenvalue weighted by molar-refractivity contribution is 5.99. The van der Waals surface area contributed by atoms with Crippen LogP contribution < -0.4 is 16.0 Å². The third-order valence-electron chi connectivity index (χ3n) is 4.85. The number of carbonyl (C=O) groups excluding carboxylic acids is 1. The van der Waals surface area contributed by atoms with Crippen LogP contribution in [0.2, 0.25) is 0 Å². The second-order valence-electron chi connectivity index (χ2n) is 6.82. The molecule has 7 nitrogen and oxygen atoms in total. The van der Waals surface area contributed by atoms with Crippen molar-refractivity contribution >= 4 is 39.7 Å². The number of nitriles is 1. The van der Waals surface area contributed by atoms with Crippen LogP contribution in [0.3, 0.4) is 0 Å². The van der Waals surface area contributed by atoms with Gasteiger partial charge in [0.05, 0.1) is 0 Å². The molecule has 0 fully saturated rings. The van der Waals surface area contributed by atoms with Crippen LogP contribution in [0.4, 0.5) is 22.9 Å². The van der Waals surface area contributed by atoms with Gasteiger partial charge in [-0.1, -0.05) is 12.1 Å². The first kappa shape index (κ1) is 16.8. The van der Waals surface area contributed by atoms with E-state index in [1.165, 1.54) is 0 Å². The Morgan fingerprint density at radius 1 is 0.966 bits per heavy atom. The third-order valence-corrected chi connectivity index (χ3v) is 4.85. The Morgan fingerprint density at radius 3 is 2.72 bits per heavy atom. The Morgan fingerprint density at radius 2 is 1.83 bits per heavy atom. The number of rotatable bonds is 4. The molecular formula is C22H16N6O. The molecule has 4 aromatic rings. The molecule has 0 saturated heterocycles. The largest absolute Gasteiger partial charge is 0.361 e. The molecule has 0 saturated carbocycles. The molecule has 4 N–H and O–H groups in total. The van der Waals surface area contributed by atoms with E-state index in [0.717, 1.165) is 27.8 Å². The summed E-state index contributed by atoms with van der Waals surface area (Å²) in [6, 6.07) is 19.2. The monoisotopic (exact) mass is 380 g/mol. The molecular weight excluding hydrogens is 364 g/mol. The zero-order chi connectivity index (χ0) is 19.8. The van der Waals surface area contributed by atoms with E-state index in [4.69, 9.17) is 0 Å². The van der Waals surface area contributed by atoms with Crippen molar-refractivity contribution in [2.45, 2.75) is 6.54 Å². The second kappa shape index (κ2) is 6.69. The van der Waals surface area contributed by atoms with Gasteiger partial charge < -0.3 is 20.9 Å². The maximum atomic E-state index is 11.9. The number of aromatic amines is 1. The van der Waals surface area contributed by atoms with Gasteiger partial charge in [-0.3, -0.25) is 4.79 Å². The lowest BCUT2D eigenvalue weighted by atomic mass is 10.1. The van der Waals surface area contributed by atoms with Crippen molar-refractivity contribution in [1.29, 1.82) is 5.26 Å². The zero-order valence-corrected chi connectivity index (χ0v) is 15.3. The average Bonchev–Trinajstić information content (AvgIpc) is 3.34. The third kappa shape index (κ3) is 3.24. The number of aromatic nitrogens is 2. The fourth-order valence-electron chi connectivity index (χ4n) is 3.45. The number of hydrogen-bond donors (Lipinski definition) is 4. The zero-order valence-electron chi connectivity index (χ0n) is 15.3. The summed E-state index contributed by atoms with van der Waals surface area (Å²) in [7, 11) is 0. The maximum absolute atomic E-state index is 11.9. The van der Waals surface area contributed by atoms with Crippen molar-refractivity contribution < 1.29 is 4.79 Å². The fraction of sp³-hybridized carbons (Fsp3) is 0.0455. The van der Waals surface area contributed by atoms with Crippen LogP contribution in [-0.2, 0) is 6.54 Å². The van der Waals surface area contributed by atoms with Crippen LogP contribution in [-0.4, -0.2) is 15.9 Å². The summed E-state index contributed by atoms with van der Waals surface area (Å²) in [5.41, 5.74) is 5.30. The first-order valence-electron chi connectivity index (χ1n) is 9.12. The SMILES string of the molecule is N#Cc1cc(Nc2ccc3c(c2)C(=O)NC3)cc(Nc2ccc3cc[nH]c3c2)n1. The number of hydrogen-bond acceptors (Lipinski definition) is 5. The van der Waals surface area contributed by atoms with E-state index in [-0.39, 0.29) is 11.6 Å². The molecule has 0 radical (unpaired) electrons. The molecule has 0 bridgehead atoms. The smallest absolute Gasteiger partial charge is 0.251 e. The van der Waals surface area contributed by atoms with Crippen LogP contribution in [0.1, 0.15) is 21.6 Å². The van der Waals surface area contributed by atoms with E-state index >= 15 is 0 Å². The highest BCUT2D eigenvalue weighted by Gasteiger charge is 2.18. The summed E-state index contributed by atoms with van der Waals surface area (Å²) >= 11 is 0. The van der Waals surface area contributed by atoms with Crippen molar-refractivity contribution in [2.24, 2.45) is 0 Å². The number of pyridine rings is 1. The second-order valence-corrected chi connectivity index (χ2v) is 6.82. The lowest BCUT2D eigenvalue weighted by Gasteiger charge is -2.11. The molecule has 0 aliphatic carbocycles. The highest BCUT2D eigenvalue weighted by Crippen LogP contribution is 2.26. The van der Waals surface area contributed by atoms with E-state index in [1.54, 1.807) is 6.07 Å². The summed E-state index contributed by atoms with van der Waals surface area (Å²) in [5.74, 6) is 0.481. The van der Waals surface area contributed by atoms with E-state index in [0.29, 0.717) is 23.6 Å². The van der Waals surface area contributed by atoms with Gasteiger partial charge in [0.15, 0.2) is 0 Å². The summed E-state index contributed by atoms with van der Waals surface area (Å²) in [6.07, 6.45) is 1.89. The lowest BCUT2D eigenvalue weighted by molar-refractivity contribution is 0.0966. The summed E-state index contributed by atoms with van der Waals surface area (Å²) in [6.45, 7) is 0.557. The molecule has 0 atom stereocenters. The number of carbonyl (C=O) groups is 1. The van der Waals surface area contributed by atoms with Crippen LogP contribution in [0, 0.1) is 11.3 Å². The predicted molar refractivity (Wildman–Crippen MR) is 111 cm³/mol. The molecule has 140 valence electrons. The fourth-order valence-corrected chi connectivity index (χ4v) is 3.45. The number of nitrogens with zero attached hydrogens (tertiary/aromatic N) is 2. The van der Waals surface area contributed by atoms with E-state index in [1.807, 2.05) is 54.7 Å². The van der Waals surface area contributed by atoms with Crippen molar-refractivity contribution in [3.63, 3.8) is 0 Å². The minimum atomic E-state index is -0.0712. The van der Waals surface area contributed by atoms with Gasteiger partial charge in [0.2, 0.25) is 0 Å². The Hall–Kier alpha value is -4.31. The minimum Gasteiger partial charge on any atom is -0.361 e. The Bertz CT molecular complexity index is 1300. The van der Waals surface area contributed by atoms with Gasteiger partial charge in [-0.25, -0.2) is 4.98 Å². The first-order chi connectivity index (χ1) is 14.2. The standard InChI is InChI=1S/C22H16N6O/c23-11-18-7-17(26-15-4-2-14-12-25-22(29)19(14)8-15)10-21(28-18)27-16-3-1-13-5-6-24-20(13)9-16/h1-10,24H,12H2,(H,25,29)(H2,26,27,28). The van der Waals surface area contributed by atoms with Gasteiger partial charge in [-0.15, -0.1) is 0 Å². The molecule has 1 amide bonds. The van der Waals surface area contributed by atoms with Crippen LogP contribution in [0.25, 0.3) is 10.9 Å². The molecule has 0 unspecified atom stereocenters. The van der Waals surface area contributed by atoms with Crippen LogP contribution >= 0.6 is 0 Å². The van der Waals surface area contributed by atoms with E-state index in [2.05, 4.69) is 32.0 Å². The van der Waals surface area contributed by atoms with E-state index in [9.17, 15) is 10.1 Å². The van der Waals surface area contributed by atoms with Crippen LogP contribution in [0.5, 0.6) is 0 Å². The van der Waals surface area contributed by atoms with Gasteiger partial charge in [-0.05, 0) is 47.3 Å². The molecule has 5 rings (SSSR count). The van der Waals surface area contributed by atoms with Gasteiger partial charge in [-0.2, -0.15) is 5.26 Å². The lowest BCUT2D eigenvalue weighted by Crippen LogP contribution is -2.12. The average molecular weight is 380 g/mol. The maximum Gasteiger partial charge on any atom is 0.251 e. The van der Waals surface area contributed by atoms with Crippen molar-refractivity contribution in [1.82, 2.24) is 15.3 Å². The number of H-pyrrole nitrogens is 1. The molecule has 2 aromatic heterocycles. The molecule has 0 spiro atoms. The normalized spacial score (nSPS) is 12.3. The summed E-state index contributed by atoms with van der Waals surface area (Å²) in [4.78, 5) is 19.4. The van der Waals surface area contributed by atoms with Gasteiger partial charge >= 0.3 is 0 Å². The first-order valence-corrected chi connectivity index (χ1v) is 9.12. The quantitative estimate of drug-likeness (QED) is 0.425. The molecule has 2 aromatic carbocycles. The molecule has 29 heavy (non-hydrogen) atoms. The number of nitrogens with one attached hydrogen (secondary N) is 4.